The monoisotopic (exact) mass is 269 g/mol. The summed E-state index contributed by atoms with van der Waals surface area (Å²) in [6, 6.07) is 6.52. The van der Waals surface area contributed by atoms with Gasteiger partial charge in [0.15, 0.2) is 4.34 Å². The van der Waals surface area contributed by atoms with Gasteiger partial charge in [-0.2, -0.15) is 0 Å². The molecular formula is C11H12FN3S2. The molecule has 0 amide bonds. The number of anilines is 1. The van der Waals surface area contributed by atoms with Gasteiger partial charge in [0.2, 0.25) is 5.13 Å². The van der Waals surface area contributed by atoms with E-state index in [9.17, 15) is 4.39 Å². The zero-order valence-electron chi connectivity index (χ0n) is 9.31. The van der Waals surface area contributed by atoms with Crippen molar-refractivity contribution in [2.45, 2.75) is 17.0 Å². The van der Waals surface area contributed by atoms with E-state index in [0.717, 1.165) is 27.3 Å². The molecule has 0 aliphatic heterocycles. The molecule has 1 N–H and O–H groups in total. The summed E-state index contributed by atoms with van der Waals surface area (Å²) < 4.78 is 13.6. The third kappa shape index (κ3) is 3.67. The quantitative estimate of drug-likeness (QED) is 0.844. The number of aromatic nitrogens is 2. The Morgan fingerprint density at radius 1 is 1.29 bits per heavy atom. The molecule has 0 aliphatic rings. The highest BCUT2D eigenvalue weighted by Crippen LogP contribution is 2.28. The van der Waals surface area contributed by atoms with Gasteiger partial charge in [-0.3, -0.25) is 0 Å². The standard InChI is InChI=1S/C11H12FN3S2/c1-2-13-10-14-15-11(17-10)16-7-8-3-5-9(12)6-4-8/h3-6H,2,7H2,1H3,(H,13,14). The Balaban J connectivity index is 1.90. The van der Waals surface area contributed by atoms with Gasteiger partial charge in [0.25, 0.3) is 0 Å². The van der Waals surface area contributed by atoms with Crippen molar-refractivity contribution in [3.63, 3.8) is 0 Å². The van der Waals surface area contributed by atoms with E-state index in [2.05, 4.69) is 15.5 Å². The maximum atomic E-state index is 12.7. The molecule has 6 heteroatoms. The van der Waals surface area contributed by atoms with Crippen LogP contribution in [-0.2, 0) is 5.75 Å². The molecule has 2 rings (SSSR count). The van der Waals surface area contributed by atoms with Gasteiger partial charge in [0.1, 0.15) is 5.82 Å². The zero-order valence-corrected chi connectivity index (χ0v) is 10.9. The Morgan fingerprint density at radius 3 is 2.76 bits per heavy atom. The summed E-state index contributed by atoms with van der Waals surface area (Å²) >= 11 is 3.14. The smallest absolute Gasteiger partial charge is 0.206 e. The molecule has 0 atom stereocenters. The fraction of sp³-hybridized carbons (Fsp3) is 0.273. The molecule has 0 aliphatic carbocycles. The summed E-state index contributed by atoms with van der Waals surface area (Å²) in [5.74, 6) is 0.574. The molecule has 1 aromatic heterocycles. The van der Waals surface area contributed by atoms with Crippen LogP contribution in [0.2, 0.25) is 0 Å². The van der Waals surface area contributed by atoms with E-state index < -0.39 is 0 Å². The highest BCUT2D eigenvalue weighted by atomic mass is 32.2. The Labute approximate surface area is 107 Å². The van der Waals surface area contributed by atoms with Crippen molar-refractivity contribution in [3.8, 4) is 0 Å². The molecule has 0 fully saturated rings. The molecule has 90 valence electrons. The van der Waals surface area contributed by atoms with E-state index in [0.29, 0.717) is 0 Å². The second-order valence-electron chi connectivity index (χ2n) is 3.32. The van der Waals surface area contributed by atoms with Crippen molar-refractivity contribution in [2.75, 3.05) is 11.9 Å². The fourth-order valence-electron chi connectivity index (χ4n) is 1.22. The number of halogens is 1. The summed E-state index contributed by atoms with van der Waals surface area (Å²) in [5.41, 5.74) is 1.08. The number of hydrogen-bond acceptors (Lipinski definition) is 5. The highest BCUT2D eigenvalue weighted by molar-refractivity contribution is 8.00. The van der Waals surface area contributed by atoms with Crippen LogP contribution in [0.15, 0.2) is 28.6 Å². The lowest BCUT2D eigenvalue weighted by molar-refractivity contribution is 0.627. The molecule has 0 unspecified atom stereocenters. The van der Waals surface area contributed by atoms with Gasteiger partial charge in [-0.1, -0.05) is 35.2 Å². The summed E-state index contributed by atoms with van der Waals surface area (Å²) in [5, 5.41) is 12.0. The Morgan fingerprint density at radius 2 is 2.06 bits per heavy atom. The average Bonchev–Trinajstić information content (AvgIpc) is 2.77. The molecule has 17 heavy (non-hydrogen) atoms. The van der Waals surface area contributed by atoms with Gasteiger partial charge in [0.05, 0.1) is 0 Å². The van der Waals surface area contributed by atoms with E-state index in [4.69, 9.17) is 0 Å². The maximum Gasteiger partial charge on any atom is 0.206 e. The largest absolute Gasteiger partial charge is 0.360 e. The van der Waals surface area contributed by atoms with Gasteiger partial charge < -0.3 is 5.32 Å². The minimum absolute atomic E-state index is 0.205. The minimum Gasteiger partial charge on any atom is -0.360 e. The third-order valence-electron chi connectivity index (χ3n) is 2.01. The molecule has 3 nitrogen and oxygen atoms in total. The number of benzene rings is 1. The summed E-state index contributed by atoms with van der Waals surface area (Å²) in [6.07, 6.45) is 0. The molecule has 0 bridgehead atoms. The second-order valence-corrected chi connectivity index (χ2v) is 5.52. The summed E-state index contributed by atoms with van der Waals surface area (Å²) in [6.45, 7) is 2.87. The van der Waals surface area contributed by atoms with Crippen LogP contribution in [-0.4, -0.2) is 16.7 Å². The van der Waals surface area contributed by atoms with Crippen LogP contribution in [0.4, 0.5) is 9.52 Å². The second kappa shape index (κ2) is 5.97. The molecule has 1 aromatic carbocycles. The van der Waals surface area contributed by atoms with E-state index in [1.165, 1.54) is 23.5 Å². The topological polar surface area (TPSA) is 37.8 Å². The molecule has 0 radical (unpaired) electrons. The first kappa shape index (κ1) is 12.3. The molecule has 0 saturated heterocycles. The van der Waals surface area contributed by atoms with Crippen molar-refractivity contribution in [2.24, 2.45) is 0 Å². The van der Waals surface area contributed by atoms with E-state index in [1.807, 2.05) is 6.92 Å². The van der Waals surface area contributed by atoms with Crippen LogP contribution in [0, 0.1) is 5.82 Å². The van der Waals surface area contributed by atoms with Crippen LogP contribution in [0.5, 0.6) is 0 Å². The van der Waals surface area contributed by atoms with Crippen molar-refractivity contribution < 1.29 is 4.39 Å². The zero-order chi connectivity index (χ0) is 12.1. The Bertz CT molecular complexity index is 470. The van der Waals surface area contributed by atoms with E-state index in [1.54, 1.807) is 23.9 Å². The lowest BCUT2D eigenvalue weighted by Crippen LogP contribution is -1.94. The van der Waals surface area contributed by atoms with Gasteiger partial charge >= 0.3 is 0 Å². The Kier molecular flexibility index (Phi) is 4.33. The van der Waals surface area contributed by atoms with Crippen LogP contribution < -0.4 is 5.32 Å². The number of rotatable bonds is 5. The molecular weight excluding hydrogens is 257 g/mol. The predicted molar refractivity (Wildman–Crippen MR) is 70.0 cm³/mol. The highest BCUT2D eigenvalue weighted by Gasteiger charge is 2.04. The number of nitrogens with one attached hydrogen (secondary N) is 1. The third-order valence-corrected chi connectivity index (χ3v) is 4.10. The maximum absolute atomic E-state index is 12.7. The fourth-order valence-corrected chi connectivity index (χ4v) is 2.99. The van der Waals surface area contributed by atoms with Crippen molar-refractivity contribution >= 4 is 28.2 Å². The summed E-state index contributed by atoms with van der Waals surface area (Å²) in [4.78, 5) is 0. The molecule has 2 aromatic rings. The van der Waals surface area contributed by atoms with E-state index >= 15 is 0 Å². The lowest BCUT2D eigenvalue weighted by atomic mass is 10.2. The number of nitrogens with zero attached hydrogens (tertiary/aromatic N) is 2. The van der Waals surface area contributed by atoms with Gasteiger partial charge in [-0.15, -0.1) is 10.2 Å². The summed E-state index contributed by atoms with van der Waals surface area (Å²) in [7, 11) is 0. The van der Waals surface area contributed by atoms with Crippen LogP contribution in [0.3, 0.4) is 0 Å². The van der Waals surface area contributed by atoms with Crippen molar-refractivity contribution in [1.82, 2.24) is 10.2 Å². The van der Waals surface area contributed by atoms with Crippen LogP contribution in [0.1, 0.15) is 12.5 Å². The van der Waals surface area contributed by atoms with Crippen LogP contribution in [0.25, 0.3) is 0 Å². The normalized spacial score (nSPS) is 10.5. The Hall–Kier alpha value is -1.14. The molecule has 0 spiro atoms. The van der Waals surface area contributed by atoms with Gasteiger partial charge in [-0.25, -0.2) is 4.39 Å². The van der Waals surface area contributed by atoms with Crippen molar-refractivity contribution in [3.05, 3.63) is 35.6 Å². The van der Waals surface area contributed by atoms with Gasteiger partial charge in [0, 0.05) is 12.3 Å². The van der Waals surface area contributed by atoms with Crippen molar-refractivity contribution in [1.29, 1.82) is 0 Å². The van der Waals surface area contributed by atoms with Crippen LogP contribution >= 0.6 is 23.1 Å². The lowest BCUT2D eigenvalue weighted by Gasteiger charge is -1.97. The minimum atomic E-state index is -0.205. The van der Waals surface area contributed by atoms with E-state index in [-0.39, 0.29) is 5.82 Å². The first-order valence-electron chi connectivity index (χ1n) is 5.22. The number of hydrogen-bond donors (Lipinski definition) is 1. The van der Waals surface area contributed by atoms with Gasteiger partial charge in [-0.05, 0) is 24.6 Å². The predicted octanol–water partition coefficient (Wildman–Crippen LogP) is 3.40. The molecule has 0 saturated carbocycles. The average molecular weight is 269 g/mol. The first-order chi connectivity index (χ1) is 8.28. The first-order valence-corrected chi connectivity index (χ1v) is 7.02. The SMILES string of the molecule is CCNc1nnc(SCc2ccc(F)cc2)s1. The number of thioether (sulfide) groups is 1. The molecule has 1 heterocycles.